The summed E-state index contributed by atoms with van der Waals surface area (Å²) >= 11 is 2.02. The molecule has 0 radical (unpaired) electrons. The number of hydrogen-bond acceptors (Lipinski definition) is 5. The van der Waals surface area contributed by atoms with E-state index in [1.807, 2.05) is 23.9 Å². The van der Waals surface area contributed by atoms with Crippen molar-refractivity contribution in [2.75, 3.05) is 37.9 Å². The summed E-state index contributed by atoms with van der Waals surface area (Å²) in [4.78, 5) is 2.34. The van der Waals surface area contributed by atoms with E-state index in [9.17, 15) is 0 Å². The molecular weight excluding hydrogens is 260 g/mol. The van der Waals surface area contributed by atoms with E-state index in [1.54, 1.807) is 14.2 Å². The maximum atomic E-state index is 6.16. The van der Waals surface area contributed by atoms with Crippen molar-refractivity contribution < 1.29 is 9.47 Å². The van der Waals surface area contributed by atoms with Gasteiger partial charge >= 0.3 is 0 Å². The van der Waals surface area contributed by atoms with Gasteiger partial charge < -0.3 is 20.1 Å². The SMILES string of the molecule is COc1cc(N)c(N2CC(C)SC(C)C2)cc1OC. The number of anilines is 2. The Morgan fingerprint density at radius 1 is 1.11 bits per heavy atom. The van der Waals surface area contributed by atoms with Crippen LogP contribution in [0.1, 0.15) is 13.8 Å². The molecule has 1 aliphatic heterocycles. The number of hydrogen-bond donors (Lipinski definition) is 1. The van der Waals surface area contributed by atoms with Crippen LogP contribution in [0.5, 0.6) is 11.5 Å². The lowest BCUT2D eigenvalue weighted by Crippen LogP contribution is -2.40. The number of thioether (sulfide) groups is 1. The first kappa shape index (κ1) is 14.2. The molecule has 106 valence electrons. The molecule has 1 saturated heterocycles. The lowest BCUT2D eigenvalue weighted by molar-refractivity contribution is 0.355. The van der Waals surface area contributed by atoms with E-state index in [2.05, 4.69) is 18.7 Å². The van der Waals surface area contributed by atoms with Crippen LogP contribution >= 0.6 is 11.8 Å². The number of nitrogens with zero attached hydrogens (tertiary/aromatic N) is 1. The summed E-state index contributed by atoms with van der Waals surface area (Å²) in [6, 6.07) is 3.81. The van der Waals surface area contributed by atoms with Gasteiger partial charge in [0.1, 0.15) is 0 Å². The van der Waals surface area contributed by atoms with Crippen LogP contribution in [0.4, 0.5) is 11.4 Å². The topological polar surface area (TPSA) is 47.7 Å². The minimum Gasteiger partial charge on any atom is -0.493 e. The van der Waals surface area contributed by atoms with Crippen molar-refractivity contribution in [1.82, 2.24) is 0 Å². The van der Waals surface area contributed by atoms with E-state index in [0.29, 0.717) is 16.2 Å². The van der Waals surface area contributed by atoms with Crippen molar-refractivity contribution in [3.05, 3.63) is 12.1 Å². The van der Waals surface area contributed by atoms with Gasteiger partial charge in [0.2, 0.25) is 0 Å². The van der Waals surface area contributed by atoms with Gasteiger partial charge in [-0.3, -0.25) is 0 Å². The van der Waals surface area contributed by atoms with Crippen LogP contribution < -0.4 is 20.1 Å². The third-order valence-corrected chi connectivity index (χ3v) is 4.52. The maximum absolute atomic E-state index is 6.16. The summed E-state index contributed by atoms with van der Waals surface area (Å²) in [5, 5.41) is 1.22. The van der Waals surface area contributed by atoms with E-state index in [-0.39, 0.29) is 0 Å². The molecule has 1 aliphatic rings. The maximum Gasteiger partial charge on any atom is 0.162 e. The first-order valence-electron chi connectivity index (χ1n) is 6.47. The monoisotopic (exact) mass is 282 g/mol. The zero-order valence-electron chi connectivity index (χ0n) is 12.0. The van der Waals surface area contributed by atoms with Gasteiger partial charge in [0, 0.05) is 35.7 Å². The first-order chi connectivity index (χ1) is 9.05. The highest BCUT2D eigenvalue weighted by molar-refractivity contribution is 8.00. The highest BCUT2D eigenvalue weighted by atomic mass is 32.2. The quantitative estimate of drug-likeness (QED) is 0.864. The Morgan fingerprint density at radius 2 is 1.63 bits per heavy atom. The molecule has 2 atom stereocenters. The van der Waals surface area contributed by atoms with E-state index in [1.165, 1.54) is 0 Å². The molecule has 0 spiro atoms. The minimum absolute atomic E-state index is 0.608. The molecule has 4 nitrogen and oxygen atoms in total. The van der Waals surface area contributed by atoms with Gasteiger partial charge in [-0.05, 0) is 0 Å². The summed E-state index contributed by atoms with van der Waals surface area (Å²) in [5.74, 6) is 1.40. The molecule has 5 heteroatoms. The molecule has 1 aromatic rings. The fraction of sp³-hybridized carbons (Fsp3) is 0.571. The first-order valence-corrected chi connectivity index (χ1v) is 7.41. The molecule has 2 rings (SSSR count). The lowest BCUT2D eigenvalue weighted by atomic mass is 10.2. The normalized spacial score (nSPS) is 23.3. The van der Waals surface area contributed by atoms with Gasteiger partial charge in [0.15, 0.2) is 11.5 Å². The van der Waals surface area contributed by atoms with Crippen LogP contribution in [-0.4, -0.2) is 37.8 Å². The molecule has 1 heterocycles. The predicted octanol–water partition coefficient (Wildman–Crippen LogP) is 2.62. The van der Waals surface area contributed by atoms with Crippen LogP contribution in [0.15, 0.2) is 12.1 Å². The highest BCUT2D eigenvalue weighted by Crippen LogP contribution is 2.39. The predicted molar refractivity (Wildman–Crippen MR) is 82.7 cm³/mol. The molecule has 2 unspecified atom stereocenters. The van der Waals surface area contributed by atoms with Crippen molar-refractivity contribution in [3.63, 3.8) is 0 Å². The molecule has 2 N–H and O–H groups in total. The van der Waals surface area contributed by atoms with Crippen molar-refractivity contribution in [2.45, 2.75) is 24.3 Å². The number of ether oxygens (including phenoxy) is 2. The fourth-order valence-corrected chi connectivity index (χ4v) is 3.86. The molecule has 0 bridgehead atoms. The van der Waals surface area contributed by atoms with Crippen molar-refractivity contribution in [3.8, 4) is 11.5 Å². The lowest BCUT2D eigenvalue weighted by Gasteiger charge is -2.37. The van der Waals surface area contributed by atoms with Crippen LogP contribution in [0.25, 0.3) is 0 Å². The number of benzene rings is 1. The Morgan fingerprint density at radius 3 is 2.16 bits per heavy atom. The number of rotatable bonds is 3. The second-order valence-electron chi connectivity index (χ2n) is 4.93. The molecule has 0 saturated carbocycles. The highest BCUT2D eigenvalue weighted by Gasteiger charge is 2.24. The summed E-state index contributed by atoms with van der Waals surface area (Å²) < 4.78 is 10.6. The van der Waals surface area contributed by atoms with E-state index in [4.69, 9.17) is 15.2 Å². The third-order valence-electron chi connectivity index (χ3n) is 3.29. The number of nitrogens with two attached hydrogens (primary N) is 1. The van der Waals surface area contributed by atoms with Gasteiger partial charge in [-0.25, -0.2) is 0 Å². The van der Waals surface area contributed by atoms with Gasteiger partial charge in [0.25, 0.3) is 0 Å². The van der Waals surface area contributed by atoms with E-state index < -0.39 is 0 Å². The fourth-order valence-electron chi connectivity index (χ4n) is 2.53. The molecular formula is C14H22N2O2S. The van der Waals surface area contributed by atoms with Crippen LogP contribution in [0.2, 0.25) is 0 Å². The van der Waals surface area contributed by atoms with Crippen molar-refractivity contribution >= 4 is 23.1 Å². The Bertz CT molecular complexity index is 443. The molecule has 0 aliphatic carbocycles. The Kier molecular flexibility index (Phi) is 4.34. The third kappa shape index (κ3) is 3.03. The number of methoxy groups -OCH3 is 2. The minimum atomic E-state index is 0.608. The van der Waals surface area contributed by atoms with E-state index >= 15 is 0 Å². The largest absolute Gasteiger partial charge is 0.493 e. The van der Waals surface area contributed by atoms with Crippen molar-refractivity contribution in [1.29, 1.82) is 0 Å². The van der Waals surface area contributed by atoms with Gasteiger partial charge in [-0.1, -0.05) is 13.8 Å². The zero-order valence-corrected chi connectivity index (χ0v) is 12.8. The molecule has 1 fully saturated rings. The summed E-state index contributed by atoms with van der Waals surface area (Å²) in [5.41, 5.74) is 7.94. The molecule has 0 aromatic heterocycles. The second kappa shape index (κ2) is 5.82. The molecule has 0 amide bonds. The second-order valence-corrected chi connectivity index (χ2v) is 6.81. The van der Waals surface area contributed by atoms with E-state index in [0.717, 1.165) is 30.2 Å². The Labute approximate surface area is 119 Å². The zero-order chi connectivity index (χ0) is 14.0. The van der Waals surface area contributed by atoms with Crippen molar-refractivity contribution in [2.24, 2.45) is 0 Å². The standard InChI is InChI=1S/C14H22N2O2S/c1-9-7-16(8-10(2)19-9)12-6-14(18-4)13(17-3)5-11(12)15/h5-6,9-10H,7-8,15H2,1-4H3. The molecule has 1 aromatic carbocycles. The van der Waals surface area contributed by atoms with Gasteiger partial charge in [0.05, 0.1) is 25.6 Å². The van der Waals surface area contributed by atoms with Crippen LogP contribution in [0, 0.1) is 0 Å². The molecule has 19 heavy (non-hydrogen) atoms. The smallest absolute Gasteiger partial charge is 0.162 e. The van der Waals surface area contributed by atoms with Crippen LogP contribution in [-0.2, 0) is 0 Å². The average molecular weight is 282 g/mol. The van der Waals surface area contributed by atoms with Crippen LogP contribution in [0.3, 0.4) is 0 Å². The summed E-state index contributed by atoms with van der Waals surface area (Å²) in [7, 11) is 3.27. The van der Waals surface area contributed by atoms with Gasteiger partial charge in [-0.2, -0.15) is 11.8 Å². The van der Waals surface area contributed by atoms with Gasteiger partial charge in [-0.15, -0.1) is 0 Å². The Hall–Kier alpha value is -1.23. The Balaban J connectivity index is 2.33. The average Bonchev–Trinajstić information content (AvgIpc) is 2.37. The summed E-state index contributed by atoms with van der Waals surface area (Å²) in [6.45, 7) is 6.53. The summed E-state index contributed by atoms with van der Waals surface area (Å²) in [6.07, 6.45) is 0. The number of nitrogen functional groups attached to an aromatic ring is 1.